The molecule has 0 bridgehead atoms. The molecule has 1 aromatic carbocycles. The largest absolute Gasteiger partial charge is 0.313 e. The Kier molecular flexibility index (Phi) is 5.18. The van der Waals surface area contributed by atoms with E-state index in [4.69, 9.17) is 0 Å². The molecule has 0 saturated carbocycles. The van der Waals surface area contributed by atoms with Crippen LogP contribution in [0.4, 0.5) is 0 Å². The first-order valence-electron chi connectivity index (χ1n) is 7.37. The number of benzene rings is 1. The van der Waals surface area contributed by atoms with Gasteiger partial charge in [0, 0.05) is 18.6 Å². The molecular weight excluding hydrogens is 272 g/mol. The molecule has 1 saturated heterocycles. The van der Waals surface area contributed by atoms with E-state index in [-0.39, 0.29) is 12.1 Å². The van der Waals surface area contributed by atoms with Crippen molar-refractivity contribution in [3.63, 3.8) is 0 Å². The lowest BCUT2D eigenvalue weighted by Crippen LogP contribution is -2.53. The summed E-state index contributed by atoms with van der Waals surface area (Å²) in [6.45, 7) is 5.61. The minimum Gasteiger partial charge on any atom is -0.313 e. The van der Waals surface area contributed by atoms with E-state index in [1.807, 2.05) is 6.07 Å². The van der Waals surface area contributed by atoms with Gasteiger partial charge in [-0.1, -0.05) is 31.5 Å². The zero-order chi connectivity index (χ0) is 14.6. The molecule has 1 N–H and O–H groups in total. The van der Waals surface area contributed by atoms with Gasteiger partial charge in [-0.25, -0.2) is 8.42 Å². The summed E-state index contributed by atoms with van der Waals surface area (Å²) in [5.41, 5.74) is 0. The van der Waals surface area contributed by atoms with Crippen molar-refractivity contribution >= 4 is 10.0 Å². The Hall–Kier alpha value is -0.910. The highest BCUT2D eigenvalue weighted by atomic mass is 32.2. The van der Waals surface area contributed by atoms with E-state index in [9.17, 15) is 8.42 Å². The van der Waals surface area contributed by atoms with Crippen molar-refractivity contribution in [1.29, 1.82) is 0 Å². The number of likely N-dealkylation sites (N-methyl/N-ethyl adjacent to an activating group) is 1. The quantitative estimate of drug-likeness (QED) is 0.906. The molecule has 0 aromatic heterocycles. The van der Waals surface area contributed by atoms with Crippen LogP contribution in [0.2, 0.25) is 0 Å². The van der Waals surface area contributed by atoms with Gasteiger partial charge in [0.05, 0.1) is 4.90 Å². The van der Waals surface area contributed by atoms with E-state index in [0.717, 1.165) is 25.8 Å². The van der Waals surface area contributed by atoms with Crippen LogP contribution in [0.15, 0.2) is 35.2 Å². The van der Waals surface area contributed by atoms with Crippen LogP contribution in [0.25, 0.3) is 0 Å². The lowest BCUT2D eigenvalue weighted by atomic mass is 9.99. The van der Waals surface area contributed by atoms with Crippen LogP contribution in [0.5, 0.6) is 0 Å². The maximum atomic E-state index is 12.8. The number of hydrogen-bond acceptors (Lipinski definition) is 3. The molecule has 0 spiro atoms. The number of piperidine rings is 1. The Bertz CT molecular complexity index is 516. The average molecular weight is 296 g/mol. The smallest absolute Gasteiger partial charge is 0.243 e. The molecule has 2 unspecified atom stereocenters. The molecule has 1 aliphatic rings. The van der Waals surface area contributed by atoms with Crippen LogP contribution >= 0.6 is 0 Å². The van der Waals surface area contributed by atoms with Gasteiger partial charge in [0.15, 0.2) is 0 Å². The maximum Gasteiger partial charge on any atom is 0.243 e. The summed E-state index contributed by atoms with van der Waals surface area (Å²) in [6.07, 6.45) is 2.98. The highest BCUT2D eigenvalue weighted by molar-refractivity contribution is 7.89. The third-order valence-corrected chi connectivity index (χ3v) is 5.89. The molecule has 1 heterocycles. The van der Waals surface area contributed by atoms with Crippen LogP contribution < -0.4 is 5.32 Å². The molecule has 0 aliphatic carbocycles. The molecule has 1 aromatic rings. The zero-order valence-corrected chi connectivity index (χ0v) is 13.1. The molecule has 1 aliphatic heterocycles. The summed E-state index contributed by atoms with van der Waals surface area (Å²) in [5.74, 6) is 0. The average Bonchev–Trinajstić information content (AvgIpc) is 2.48. The Balaban J connectivity index is 2.28. The monoisotopic (exact) mass is 296 g/mol. The predicted octanol–water partition coefficient (Wildman–Crippen LogP) is 2.23. The third-order valence-electron chi connectivity index (χ3n) is 3.95. The molecule has 20 heavy (non-hydrogen) atoms. The fraction of sp³-hybridized carbons (Fsp3) is 0.600. The first-order valence-corrected chi connectivity index (χ1v) is 8.81. The second kappa shape index (κ2) is 6.70. The van der Waals surface area contributed by atoms with Gasteiger partial charge in [-0.15, -0.1) is 0 Å². The molecular formula is C15H24N2O2S. The van der Waals surface area contributed by atoms with Crippen molar-refractivity contribution in [3.05, 3.63) is 30.3 Å². The van der Waals surface area contributed by atoms with Gasteiger partial charge in [0.25, 0.3) is 0 Å². The van der Waals surface area contributed by atoms with Gasteiger partial charge < -0.3 is 5.32 Å². The lowest BCUT2D eigenvalue weighted by molar-refractivity contribution is 0.210. The minimum absolute atomic E-state index is 0.0499. The van der Waals surface area contributed by atoms with Gasteiger partial charge in [-0.05, 0) is 38.4 Å². The third kappa shape index (κ3) is 3.22. The second-order valence-electron chi connectivity index (χ2n) is 5.34. The number of rotatable bonds is 5. The molecule has 112 valence electrons. The normalized spacial score (nSPS) is 22.6. The van der Waals surface area contributed by atoms with E-state index in [1.165, 1.54) is 0 Å². The van der Waals surface area contributed by atoms with Crippen molar-refractivity contribution < 1.29 is 8.42 Å². The summed E-state index contributed by atoms with van der Waals surface area (Å²) in [5, 5.41) is 3.36. The highest BCUT2D eigenvalue weighted by Gasteiger charge is 2.35. The van der Waals surface area contributed by atoms with Gasteiger partial charge in [0.2, 0.25) is 10.0 Å². The molecule has 2 rings (SSSR count). The van der Waals surface area contributed by atoms with Gasteiger partial charge in [0.1, 0.15) is 0 Å². The summed E-state index contributed by atoms with van der Waals surface area (Å²) >= 11 is 0. The molecule has 1 fully saturated rings. The van der Waals surface area contributed by atoms with E-state index in [0.29, 0.717) is 11.4 Å². The zero-order valence-electron chi connectivity index (χ0n) is 12.2. The van der Waals surface area contributed by atoms with Crippen LogP contribution in [-0.4, -0.2) is 37.9 Å². The molecule has 0 radical (unpaired) electrons. The SMILES string of the molecule is CCNC(C)C1CCCCN1S(=O)(=O)c1ccccc1. The van der Waals surface area contributed by atoms with E-state index in [1.54, 1.807) is 28.6 Å². The number of nitrogens with one attached hydrogen (secondary N) is 1. The number of nitrogens with zero attached hydrogens (tertiary/aromatic N) is 1. The van der Waals surface area contributed by atoms with E-state index in [2.05, 4.69) is 19.2 Å². The number of sulfonamides is 1. The van der Waals surface area contributed by atoms with Gasteiger partial charge in [-0.3, -0.25) is 0 Å². The van der Waals surface area contributed by atoms with Crippen LogP contribution in [-0.2, 0) is 10.0 Å². The molecule has 5 heteroatoms. The predicted molar refractivity (Wildman–Crippen MR) is 81.1 cm³/mol. The standard InChI is InChI=1S/C15H24N2O2S/c1-3-16-13(2)15-11-7-8-12-17(15)20(18,19)14-9-5-4-6-10-14/h4-6,9-10,13,15-16H,3,7-8,11-12H2,1-2H3. The molecule has 0 amide bonds. The lowest BCUT2D eigenvalue weighted by Gasteiger charge is -2.38. The van der Waals surface area contributed by atoms with Crippen LogP contribution in [0.3, 0.4) is 0 Å². The first-order chi connectivity index (χ1) is 9.57. The fourth-order valence-electron chi connectivity index (χ4n) is 2.91. The maximum absolute atomic E-state index is 12.8. The molecule has 2 atom stereocenters. The fourth-order valence-corrected chi connectivity index (χ4v) is 4.70. The van der Waals surface area contributed by atoms with Crippen molar-refractivity contribution in [1.82, 2.24) is 9.62 Å². The molecule has 4 nitrogen and oxygen atoms in total. The topological polar surface area (TPSA) is 49.4 Å². The number of hydrogen-bond donors (Lipinski definition) is 1. The van der Waals surface area contributed by atoms with Crippen LogP contribution in [0.1, 0.15) is 33.1 Å². The summed E-state index contributed by atoms with van der Waals surface area (Å²) in [4.78, 5) is 0.399. The van der Waals surface area contributed by atoms with Gasteiger partial charge in [-0.2, -0.15) is 4.31 Å². The van der Waals surface area contributed by atoms with Gasteiger partial charge >= 0.3 is 0 Å². The summed E-state index contributed by atoms with van der Waals surface area (Å²) in [6, 6.07) is 8.98. The summed E-state index contributed by atoms with van der Waals surface area (Å²) in [7, 11) is -3.38. The Morgan fingerprint density at radius 1 is 1.30 bits per heavy atom. The highest BCUT2D eigenvalue weighted by Crippen LogP contribution is 2.27. The van der Waals surface area contributed by atoms with Crippen molar-refractivity contribution in [2.45, 2.75) is 50.1 Å². The second-order valence-corrected chi connectivity index (χ2v) is 7.23. The van der Waals surface area contributed by atoms with Crippen molar-refractivity contribution in [2.75, 3.05) is 13.1 Å². The summed E-state index contributed by atoms with van der Waals surface area (Å²) < 4.78 is 27.3. The first kappa shape index (κ1) is 15.5. The minimum atomic E-state index is -3.38. The van der Waals surface area contributed by atoms with Crippen LogP contribution in [0, 0.1) is 0 Å². The van der Waals surface area contributed by atoms with Crippen molar-refractivity contribution in [2.24, 2.45) is 0 Å². The van der Waals surface area contributed by atoms with Crippen molar-refractivity contribution in [3.8, 4) is 0 Å². The van der Waals surface area contributed by atoms with E-state index >= 15 is 0 Å². The Morgan fingerprint density at radius 2 is 2.00 bits per heavy atom. The Morgan fingerprint density at radius 3 is 2.65 bits per heavy atom. The Labute approximate surface area is 122 Å². The van der Waals surface area contributed by atoms with E-state index < -0.39 is 10.0 Å².